The van der Waals surface area contributed by atoms with Gasteiger partial charge in [-0.3, -0.25) is 5.10 Å². The predicted molar refractivity (Wildman–Crippen MR) is 90.3 cm³/mol. The molecule has 0 saturated heterocycles. The molecule has 0 spiro atoms. The minimum Gasteiger partial charge on any atom is -0.263 e. The lowest BCUT2D eigenvalue weighted by atomic mass is 9.68. The Kier molecular flexibility index (Phi) is 2.95. The van der Waals surface area contributed by atoms with Gasteiger partial charge in [-0.15, -0.1) is 5.10 Å². The van der Waals surface area contributed by atoms with Gasteiger partial charge in [0.05, 0.1) is 22.4 Å². The molecule has 26 heavy (non-hydrogen) atoms. The fraction of sp³-hybridized carbons (Fsp3) is 0.368. The highest BCUT2D eigenvalue weighted by molar-refractivity contribution is 5.63. The molecule has 0 amide bonds. The number of nitrogens with one attached hydrogen (secondary N) is 1. The van der Waals surface area contributed by atoms with E-state index in [1.54, 1.807) is 6.07 Å². The average Bonchev–Trinajstić information content (AvgIpc) is 3.26. The van der Waals surface area contributed by atoms with Crippen LogP contribution in [0.1, 0.15) is 49.7 Å². The molecule has 2 heterocycles. The van der Waals surface area contributed by atoms with Crippen LogP contribution in [0, 0.1) is 17.0 Å². The Morgan fingerprint density at radius 1 is 1.15 bits per heavy atom. The highest BCUT2D eigenvalue weighted by Gasteiger charge is 2.65. The van der Waals surface area contributed by atoms with Gasteiger partial charge in [-0.05, 0) is 47.9 Å². The number of aromatic nitrogens is 5. The molecule has 2 atom stereocenters. The van der Waals surface area contributed by atoms with E-state index in [4.69, 9.17) is 0 Å². The minimum atomic E-state index is -0.633. The molecule has 0 unspecified atom stereocenters. The zero-order chi connectivity index (χ0) is 18.1. The van der Waals surface area contributed by atoms with Crippen LogP contribution >= 0.6 is 0 Å². The normalized spacial score (nSPS) is 25.5. The number of hydrogen-bond donors (Lipinski definition) is 1. The van der Waals surface area contributed by atoms with E-state index < -0.39 is 17.0 Å². The zero-order valence-corrected chi connectivity index (χ0v) is 14.4. The maximum absolute atomic E-state index is 14.2. The molecule has 3 aromatic rings. The summed E-state index contributed by atoms with van der Waals surface area (Å²) in [6, 6.07) is 5.62. The lowest BCUT2D eigenvalue weighted by molar-refractivity contribution is 0.237. The third kappa shape index (κ3) is 1.68. The number of hydrogen-bond acceptors (Lipinski definition) is 4. The zero-order valence-electron chi connectivity index (χ0n) is 14.4. The molecule has 1 fully saturated rings. The summed E-state index contributed by atoms with van der Waals surface area (Å²) in [5.74, 6) is -0.257. The number of aromatic amines is 1. The van der Waals surface area contributed by atoms with Crippen LogP contribution in [0.15, 0.2) is 30.6 Å². The molecule has 132 valence electrons. The van der Waals surface area contributed by atoms with E-state index in [0.717, 1.165) is 29.9 Å². The first-order valence-corrected chi connectivity index (χ1v) is 8.65. The SMILES string of the molecule is CC1(C)[C@H]2CC[C@]1(c1ncn[nH]1)c1nnc(-c3c(F)cccc3F)cc12. The number of rotatable bonds is 2. The summed E-state index contributed by atoms with van der Waals surface area (Å²) in [6.07, 6.45) is 3.36. The third-order valence-electron chi connectivity index (χ3n) is 6.42. The first-order chi connectivity index (χ1) is 12.5. The monoisotopic (exact) mass is 353 g/mol. The second-order valence-corrected chi connectivity index (χ2v) is 7.68. The molecule has 5 nitrogen and oxygen atoms in total. The van der Waals surface area contributed by atoms with E-state index in [9.17, 15) is 8.78 Å². The highest BCUT2D eigenvalue weighted by atomic mass is 19.1. The van der Waals surface area contributed by atoms with Gasteiger partial charge < -0.3 is 0 Å². The molecule has 1 saturated carbocycles. The van der Waals surface area contributed by atoms with E-state index in [-0.39, 0.29) is 22.6 Å². The van der Waals surface area contributed by atoms with E-state index in [1.165, 1.54) is 24.5 Å². The van der Waals surface area contributed by atoms with Crippen molar-refractivity contribution in [1.82, 2.24) is 25.4 Å². The van der Waals surface area contributed by atoms with Crippen molar-refractivity contribution in [2.24, 2.45) is 5.41 Å². The number of H-pyrrole nitrogens is 1. The van der Waals surface area contributed by atoms with Crippen molar-refractivity contribution < 1.29 is 8.78 Å². The van der Waals surface area contributed by atoms with Gasteiger partial charge in [0.15, 0.2) is 0 Å². The highest BCUT2D eigenvalue weighted by Crippen LogP contribution is 2.69. The molecule has 0 radical (unpaired) electrons. The Hall–Kier alpha value is -2.70. The molecule has 2 aliphatic carbocycles. The lowest BCUT2D eigenvalue weighted by Gasteiger charge is -2.35. The predicted octanol–water partition coefficient (Wildman–Crippen LogP) is 3.74. The minimum absolute atomic E-state index is 0.128. The maximum atomic E-state index is 14.2. The van der Waals surface area contributed by atoms with Crippen molar-refractivity contribution in [2.45, 2.75) is 38.0 Å². The molecule has 2 bridgehead atoms. The first kappa shape index (κ1) is 15.5. The maximum Gasteiger partial charge on any atom is 0.137 e. The van der Waals surface area contributed by atoms with Crippen molar-refractivity contribution in [2.75, 3.05) is 0 Å². The Balaban J connectivity index is 1.74. The molecule has 0 aliphatic heterocycles. The van der Waals surface area contributed by atoms with Gasteiger partial charge in [-0.2, -0.15) is 10.2 Å². The van der Waals surface area contributed by atoms with Crippen molar-refractivity contribution in [3.63, 3.8) is 0 Å². The Labute approximate surface area is 148 Å². The van der Waals surface area contributed by atoms with Gasteiger partial charge in [0.1, 0.15) is 23.8 Å². The van der Waals surface area contributed by atoms with Gasteiger partial charge in [-0.1, -0.05) is 19.9 Å². The summed E-state index contributed by atoms with van der Waals surface area (Å²) >= 11 is 0. The summed E-state index contributed by atoms with van der Waals surface area (Å²) < 4.78 is 28.4. The van der Waals surface area contributed by atoms with E-state index >= 15 is 0 Å². The molecule has 7 heteroatoms. The van der Waals surface area contributed by atoms with Crippen molar-refractivity contribution in [3.05, 3.63) is 59.3 Å². The van der Waals surface area contributed by atoms with E-state index in [0.29, 0.717) is 0 Å². The van der Waals surface area contributed by atoms with Crippen LogP contribution in [-0.4, -0.2) is 25.4 Å². The largest absolute Gasteiger partial charge is 0.263 e. The molecular formula is C19H17F2N5. The smallest absolute Gasteiger partial charge is 0.137 e. The summed E-state index contributed by atoms with van der Waals surface area (Å²) in [5.41, 5.74) is 1.41. The second kappa shape index (κ2) is 4.93. The molecule has 5 rings (SSSR count). The standard InChI is InChI=1S/C19H17F2N5/c1-18(2)11-6-7-19(18,17-22-9-23-26-17)16-10(11)8-14(24-25-16)15-12(20)4-3-5-13(15)21/h3-5,8-9,11H,6-7H2,1-2H3,(H,22,23,26)/t11-,19+/m0/s1. The number of fused-ring (bicyclic) bond motifs is 5. The summed E-state index contributed by atoms with van der Waals surface area (Å²) in [7, 11) is 0. The number of nitrogens with zero attached hydrogens (tertiary/aromatic N) is 4. The average molecular weight is 353 g/mol. The van der Waals surface area contributed by atoms with Crippen LogP contribution in [0.4, 0.5) is 8.78 Å². The Morgan fingerprint density at radius 3 is 2.62 bits per heavy atom. The van der Waals surface area contributed by atoms with Gasteiger partial charge in [0.25, 0.3) is 0 Å². The van der Waals surface area contributed by atoms with Crippen molar-refractivity contribution in [3.8, 4) is 11.3 Å². The summed E-state index contributed by atoms with van der Waals surface area (Å²) in [4.78, 5) is 4.42. The van der Waals surface area contributed by atoms with Crippen molar-refractivity contribution >= 4 is 0 Å². The van der Waals surface area contributed by atoms with Gasteiger partial charge in [0.2, 0.25) is 0 Å². The number of benzene rings is 1. The van der Waals surface area contributed by atoms with Gasteiger partial charge in [0, 0.05) is 0 Å². The third-order valence-corrected chi connectivity index (χ3v) is 6.42. The van der Waals surface area contributed by atoms with Crippen LogP contribution in [0.2, 0.25) is 0 Å². The molecule has 1 N–H and O–H groups in total. The van der Waals surface area contributed by atoms with Crippen LogP contribution in [0.5, 0.6) is 0 Å². The fourth-order valence-corrected chi connectivity index (χ4v) is 5.12. The summed E-state index contributed by atoms with van der Waals surface area (Å²) in [6.45, 7) is 4.39. The number of halogens is 2. The Morgan fingerprint density at radius 2 is 1.92 bits per heavy atom. The van der Waals surface area contributed by atoms with E-state index in [1.807, 2.05) is 0 Å². The van der Waals surface area contributed by atoms with Gasteiger partial charge in [-0.25, -0.2) is 13.8 Å². The van der Waals surface area contributed by atoms with E-state index in [2.05, 4.69) is 39.2 Å². The van der Waals surface area contributed by atoms with Crippen LogP contribution < -0.4 is 0 Å². The molecule has 1 aromatic carbocycles. The first-order valence-electron chi connectivity index (χ1n) is 8.65. The fourth-order valence-electron chi connectivity index (χ4n) is 5.12. The second-order valence-electron chi connectivity index (χ2n) is 7.68. The van der Waals surface area contributed by atoms with Crippen LogP contribution in [-0.2, 0) is 5.41 Å². The topological polar surface area (TPSA) is 67.3 Å². The van der Waals surface area contributed by atoms with Crippen LogP contribution in [0.25, 0.3) is 11.3 Å². The van der Waals surface area contributed by atoms with Gasteiger partial charge >= 0.3 is 0 Å². The van der Waals surface area contributed by atoms with Crippen molar-refractivity contribution in [1.29, 1.82) is 0 Å². The summed E-state index contributed by atoms with van der Waals surface area (Å²) in [5, 5.41) is 15.7. The lowest BCUT2D eigenvalue weighted by Crippen LogP contribution is -2.38. The Bertz CT molecular complexity index is 995. The molecule has 2 aliphatic rings. The molecular weight excluding hydrogens is 336 g/mol. The van der Waals surface area contributed by atoms with Crippen LogP contribution in [0.3, 0.4) is 0 Å². The molecule has 2 aromatic heterocycles. The quantitative estimate of drug-likeness (QED) is 0.762.